The van der Waals surface area contributed by atoms with E-state index >= 15 is 0 Å². The monoisotopic (exact) mass is 321 g/mol. The average molecular weight is 321 g/mol. The van der Waals surface area contributed by atoms with E-state index < -0.39 is 36.2 Å². The Labute approximate surface area is 134 Å². The Bertz CT molecular complexity index is 609. The predicted octanol–water partition coefficient (Wildman–Crippen LogP) is 1.52. The molecule has 0 aliphatic carbocycles. The number of hydrogen-bond acceptors (Lipinski definition) is 6. The number of ether oxygens (including phenoxy) is 2. The van der Waals surface area contributed by atoms with Gasteiger partial charge in [-0.05, 0) is 26.0 Å². The van der Waals surface area contributed by atoms with Crippen LogP contribution in [0.1, 0.15) is 26.7 Å². The standard InChI is InChI=1S/C16H19NO6/c1-10(18)7-15(20)17(16(21)8-11(2)19)13-9-12(22-3)5-6-14(13)23-4/h5-6,9H,7-8H2,1-4H3. The van der Waals surface area contributed by atoms with Gasteiger partial charge in [0.25, 0.3) is 0 Å². The summed E-state index contributed by atoms with van der Waals surface area (Å²) < 4.78 is 10.3. The SMILES string of the molecule is COc1ccc(OC)c(N(C(=O)CC(C)=O)C(=O)CC(C)=O)c1. The Morgan fingerprint density at radius 2 is 1.43 bits per heavy atom. The second kappa shape index (κ2) is 8.07. The van der Waals surface area contributed by atoms with Crippen LogP contribution in [0.5, 0.6) is 11.5 Å². The Morgan fingerprint density at radius 3 is 1.83 bits per heavy atom. The second-order valence-electron chi connectivity index (χ2n) is 4.92. The average Bonchev–Trinajstić information content (AvgIpc) is 2.45. The Hall–Kier alpha value is -2.70. The van der Waals surface area contributed by atoms with E-state index in [0.29, 0.717) is 5.75 Å². The highest BCUT2D eigenvalue weighted by Gasteiger charge is 2.28. The minimum Gasteiger partial charge on any atom is -0.497 e. The van der Waals surface area contributed by atoms with Crippen molar-refractivity contribution >= 4 is 29.1 Å². The fourth-order valence-electron chi connectivity index (χ4n) is 1.96. The van der Waals surface area contributed by atoms with Crippen LogP contribution in [-0.2, 0) is 19.2 Å². The Morgan fingerprint density at radius 1 is 0.913 bits per heavy atom. The van der Waals surface area contributed by atoms with Gasteiger partial charge in [0.05, 0.1) is 32.7 Å². The number of hydrogen-bond donors (Lipinski definition) is 0. The molecule has 0 fully saturated rings. The number of carbonyl (C=O) groups is 4. The molecule has 0 aliphatic heterocycles. The number of methoxy groups -OCH3 is 2. The highest BCUT2D eigenvalue weighted by atomic mass is 16.5. The van der Waals surface area contributed by atoms with Crippen LogP contribution in [0.2, 0.25) is 0 Å². The highest BCUT2D eigenvalue weighted by molar-refractivity contribution is 6.22. The summed E-state index contributed by atoms with van der Waals surface area (Å²) in [5.41, 5.74) is 0.129. The van der Waals surface area contributed by atoms with E-state index in [-0.39, 0.29) is 11.4 Å². The minimum atomic E-state index is -0.727. The van der Waals surface area contributed by atoms with Crippen LogP contribution in [0, 0.1) is 0 Å². The van der Waals surface area contributed by atoms with Gasteiger partial charge in [0.1, 0.15) is 23.1 Å². The van der Waals surface area contributed by atoms with Gasteiger partial charge in [-0.3, -0.25) is 19.2 Å². The van der Waals surface area contributed by atoms with Gasteiger partial charge in [0.15, 0.2) is 0 Å². The van der Waals surface area contributed by atoms with E-state index in [1.165, 1.54) is 40.2 Å². The smallest absolute Gasteiger partial charge is 0.241 e. The zero-order valence-electron chi connectivity index (χ0n) is 13.5. The molecular weight excluding hydrogens is 302 g/mol. The lowest BCUT2D eigenvalue weighted by Crippen LogP contribution is -2.39. The summed E-state index contributed by atoms with van der Waals surface area (Å²) in [4.78, 5) is 47.9. The molecular formula is C16H19NO6. The number of anilines is 1. The maximum Gasteiger partial charge on any atom is 0.241 e. The molecule has 1 aromatic rings. The third-order valence-corrected chi connectivity index (χ3v) is 2.93. The molecule has 124 valence electrons. The van der Waals surface area contributed by atoms with E-state index in [2.05, 4.69) is 0 Å². The maximum absolute atomic E-state index is 12.3. The number of ketones is 2. The summed E-state index contributed by atoms with van der Waals surface area (Å²) in [6.45, 7) is 2.49. The van der Waals surface area contributed by atoms with Crippen molar-refractivity contribution in [2.45, 2.75) is 26.7 Å². The van der Waals surface area contributed by atoms with Crippen LogP contribution in [0.4, 0.5) is 5.69 Å². The zero-order valence-corrected chi connectivity index (χ0v) is 13.5. The molecule has 1 aromatic carbocycles. The van der Waals surface area contributed by atoms with Crippen molar-refractivity contribution < 1.29 is 28.7 Å². The molecule has 0 N–H and O–H groups in total. The second-order valence-corrected chi connectivity index (χ2v) is 4.92. The third-order valence-electron chi connectivity index (χ3n) is 2.93. The number of amides is 2. The minimum absolute atomic E-state index is 0.129. The summed E-state index contributed by atoms with van der Waals surface area (Å²) in [7, 11) is 2.82. The van der Waals surface area contributed by atoms with E-state index in [0.717, 1.165) is 4.90 Å². The lowest BCUT2D eigenvalue weighted by Gasteiger charge is -2.23. The van der Waals surface area contributed by atoms with Crippen LogP contribution in [0.15, 0.2) is 18.2 Å². The molecule has 0 saturated heterocycles. The number of benzene rings is 1. The first-order valence-corrected chi connectivity index (χ1v) is 6.86. The fourth-order valence-corrected chi connectivity index (χ4v) is 1.96. The van der Waals surface area contributed by atoms with Gasteiger partial charge < -0.3 is 9.47 Å². The molecule has 0 atom stereocenters. The Balaban J connectivity index is 3.38. The largest absolute Gasteiger partial charge is 0.497 e. The van der Waals surface area contributed by atoms with Crippen molar-refractivity contribution in [2.75, 3.05) is 19.1 Å². The first-order chi connectivity index (χ1) is 10.8. The molecule has 7 nitrogen and oxygen atoms in total. The first kappa shape index (κ1) is 18.3. The summed E-state index contributed by atoms with van der Waals surface area (Å²) >= 11 is 0. The molecule has 0 spiro atoms. The van der Waals surface area contributed by atoms with E-state index in [1.807, 2.05) is 0 Å². The van der Waals surface area contributed by atoms with Crippen LogP contribution in [-0.4, -0.2) is 37.6 Å². The number of carbonyl (C=O) groups excluding carboxylic acids is 4. The Kier molecular flexibility index (Phi) is 6.44. The van der Waals surface area contributed by atoms with Crippen LogP contribution in [0.3, 0.4) is 0 Å². The van der Waals surface area contributed by atoms with Gasteiger partial charge in [0.2, 0.25) is 11.8 Å². The molecule has 0 radical (unpaired) electrons. The topological polar surface area (TPSA) is 90.0 Å². The lowest BCUT2D eigenvalue weighted by molar-refractivity contribution is -0.130. The summed E-state index contributed by atoms with van der Waals surface area (Å²) in [6.07, 6.45) is -0.909. The van der Waals surface area contributed by atoms with Gasteiger partial charge in [-0.2, -0.15) is 0 Å². The molecule has 0 heterocycles. The molecule has 23 heavy (non-hydrogen) atoms. The molecule has 1 rings (SSSR count). The fraction of sp³-hybridized carbons (Fsp3) is 0.375. The summed E-state index contributed by atoms with van der Waals surface area (Å²) in [5.74, 6) is -1.59. The summed E-state index contributed by atoms with van der Waals surface area (Å²) in [5, 5.41) is 0. The maximum atomic E-state index is 12.3. The van der Waals surface area contributed by atoms with Crippen molar-refractivity contribution in [2.24, 2.45) is 0 Å². The highest BCUT2D eigenvalue weighted by Crippen LogP contribution is 2.33. The third kappa shape index (κ3) is 4.91. The van der Waals surface area contributed by atoms with Crippen molar-refractivity contribution in [3.63, 3.8) is 0 Å². The van der Waals surface area contributed by atoms with Crippen LogP contribution >= 0.6 is 0 Å². The molecule has 0 bridgehead atoms. The van der Waals surface area contributed by atoms with Crippen molar-refractivity contribution in [3.8, 4) is 11.5 Å². The van der Waals surface area contributed by atoms with Crippen LogP contribution in [0.25, 0.3) is 0 Å². The number of nitrogens with zero attached hydrogens (tertiary/aromatic N) is 1. The van der Waals surface area contributed by atoms with E-state index in [1.54, 1.807) is 6.07 Å². The van der Waals surface area contributed by atoms with Crippen LogP contribution < -0.4 is 14.4 Å². The number of rotatable bonds is 7. The molecule has 0 aromatic heterocycles. The normalized spacial score (nSPS) is 9.91. The molecule has 7 heteroatoms. The molecule has 0 aliphatic rings. The van der Waals surface area contributed by atoms with Gasteiger partial charge in [-0.1, -0.05) is 0 Å². The molecule has 2 amide bonds. The van der Waals surface area contributed by atoms with Gasteiger partial charge in [0, 0.05) is 6.07 Å². The number of imide groups is 1. The quantitative estimate of drug-likeness (QED) is 0.707. The first-order valence-electron chi connectivity index (χ1n) is 6.86. The van der Waals surface area contributed by atoms with Gasteiger partial charge in [-0.25, -0.2) is 4.90 Å². The van der Waals surface area contributed by atoms with Crippen molar-refractivity contribution in [1.29, 1.82) is 0 Å². The lowest BCUT2D eigenvalue weighted by atomic mass is 10.1. The number of Topliss-reactive ketones (excluding diaryl/α,β-unsaturated/α-hetero) is 2. The zero-order chi connectivity index (χ0) is 17.6. The molecule has 0 saturated carbocycles. The van der Waals surface area contributed by atoms with Gasteiger partial charge >= 0.3 is 0 Å². The predicted molar refractivity (Wildman–Crippen MR) is 82.6 cm³/mol. The van der Waals surface area contributed by atoms with E-state index in [9.17, 15) is 19.2 Å². The molecule has 0 unspecified atom stereocenters. The van der Waals surface area contributed by atoms with Gasteiger partial charge in [-0.15, -0.1) is 0 Å². The van der Waals surface area contributed by atoms with Crippen molar-refractivity contribution in [1.82, 2.24) is 0 Å². The summed E-state index contributed by atoms with van der Waals surface area (Å²) in [6, 6.07) is 4.57. The van der Waals surface area contributed by atoms with E-state index in [4.69, 9.17) is 9.47 Å². The van der Waals surface area contributed by atoms with Crippen molar-refractivity contribution in [3.05, 3.63) is 18.2 Å².